The highest BCUT2D eigenvalue weighted by atomic mass is 32.2. The monoisotopic (exact) mass is 426 g/mol. The maximum absolute atomic E-state index is 12.7. The van der Waals surface area contributed by atoms with Crippen molar-refractivity contribution in [2.45, 2.75) is 31.1 Å². The molecule has 8 heteroatoms. The minimum Gasteiger partial charge on any atom is -0.353 e. The minimum absolute atomic E-state index is 0.0409. The first-order valence-electron chi connectivity index (χ1n) is 10.7. The van der Waals surface area contributed by atoms with Crippen LogP contribution in [0.25, 0.3) is 0 Å². The molecule has 0 saturated carbocycles. The van der Waals surface area contributed by atoms with Crippen molar-refractivity contribution in [2.75, 3.05) is 60.6 Å². The number of carbonyl (C=O) groups excluding carboxylic acids is 1. The maximum Gasteiger partial charge on any atom is 0.321 e. The molecule has 7 nitrogen and oxygen atoms in total. The van der Waals surface area contributed by atoms with Gasteiger partial charge < -0.3 is 20.0 Å². The summed E-state index contributed by atoms with van der Waals surface area (Å²) in [6.07, 6.45) is 5.74. The molecule has 160 valence electrons. The van der Waals surface area contributed by atoms with Crippen molar-refractivity contribution in [1.82, 2.24) is 14.9 Å². The summed E-state index contributed by atoms with van der Waals surface area (Å²) in [5.41, 5.74) is 1.83. The molecule has 1 aromatic carbocycles. The van der Waals surface area contributed by atoms with Crippen LogP contribution in [0, 0.1) is 6.92 Å². The molecule has 2 aromatic rings. The zero-order chi connectivity index (χ0) is 20.9. The Balaban J connectivity index is 1.37. The Labute approximate surface area is 182 Å². The highest BCUT2D eigenvalue weighted by molar-refractivity contribution is 7.98. The van der Waals surface area contributed by atoms with E-state index >= 15 is 0 Å². The molecular weight excluding hydrogens is 396 g/mol. The number of thioether (sulfide) groups is 1. The van der Waals surface area contributed by atoms with Crippen LogP contribution in [0.15, 0.2) is 35.2 Å². The second-order valence-corrected chi connectivity index (χ2v) is 8.73. The zero-order valence-corrected chi connectivity index (χ0v) is 18.6. The molecule has 4 rings (SSSR count). The standard InChI is InChI=1S/C22H30N6OS/c1-17-15-20(25-21(23-17)27-9-4-3-5-10-27)26-11-13-28(14-12-26)22(29)24-18-7-6-8-19(16-18)30-2/h6-8,15-16H,3-5,9-14H2,1-2H3,(H,24,29). The van der Waals surface area contributed by atoms with Crippen molar-refractivity contribution < 1.29 is 4.79 Å². The number of nitrogens with one attached hydrogen (secondary N) is 1. The van der Waals surface area contributed by atoms with E-state index in [9.17, 15) is 4.79 Å². The Bertz CT molecular complexity index is 878. The highest BCUT2D eigenvalue weighted by Gasteiger charge is 2.23. The molecule has 0 bridgehead atoms. The van der Waals surface area contributed by atoms with Gasteiger partial charge in [0.1, 0.15) is 5.82 Å². The van der Waals surface area contributed by atoms with Gasteiger partial charge in [0.15, 0.2) is 0 Å². The molecule has 0 aliphatic carbocycles. The Morgan fingerprint density at radius 1 is 0.967 bits per heavy atom. The number of urea groups is 1. The fraction of sp³-hybridized carbons (Fsp3) is 0.500. The molecule has 0 unspecified atom stereocenters. The average molecular weight is 427 g/mol. The summed E-state index contributed by atoms with van der Waals surface area (Å²) in [5, 5.41) is 3.03. The Kier molecular flexibility index (Phi) is 6.62. The summed E-state index contributed by atoms with van der Waals surface area (Å²) in [7, 11) is 0. The normalized spacial score (nSPS) is 17.2. The van der Waals surface area contributed by atoms with Gasteiger partial charge in [0.2, 0.25) is 5.95 Å². The summed E-state index contributed by atoms with van der Waals surface area (Å²) in [6, 6.07) is 9.96. The molecule has 2 aliphatic rings. The van der Waals surface area contributed by atoms with Crippen LogP contribution in [-0.2, 0) is 0 Å². The first kappa shape index (κ1) is 20.8. The summed E-state index contributed by atoms with van der Waals surface area (Å²) in [5.74, 6) is 1.81. The number of aryl methyl sites for hydroxylation is 1. The van der Waals surface area contributed by atoms with Crippen LogP contribution in [0.5, 0.6) is 0 Å². The van der Waals surface area contributed by atoms with Crippen LogP contribution in [0.1, 0.15) is 25.0 Å². The molecular formula is C22H30N6OS. The van der Waals surface area contributed by atoms with Gasteiger partial charge in [-0.3, -0.25) is 0 Å². The van der Waals surface area contributed by atoms with Crippen molar-refractivity contribution in [3.05, 3.63) is 36.0 Å². The van der Waals surface area contributed by atoms with Crippen LogP contribution >= 0.6 is 11.8 Å². The van der Waals surface area contributed by atoms with Gasteiger partial charge in [-0.05, 0) is 50.6 Å². The molecule has 0 radical (unpaired) electrons. The highest BCUT2D eigenvalue weighted by Crippen LogP contribution is 2.22. The number of hydrogen-bond donors (Lipinski definition) is 1. The number of hydrogen-bond acceptors (Lipinski definition) is 6. The van der Waals surface area contributed by atoms with Gasteiger partial charge in [0.25, 0.3) is 0 Å². The summed E-state index contributed by atoms with van der Waals surface area (Å²) in [4.78, 5) is 29.8. The largest absolute Gasteiger partial charge is 0.353 e. The van der Waals surface area contributed by atoms with E-state index in [0.29, 0.717) is 13.1 Å². The molecule has 0 spiro atoms. The predicted octanol–water partition coefficient (Wildman–Crippen LogP) is 3.85. The van der Waals surface area contributed by atoms with E-state index in [4.69, 9.17) is 4.98 Å². The van der Waals surface area contributed by atoms with Gasteiger partial charge in [0, 0.05) is 61.6 Å². The van der Waals surface area contributed by atoms with Crippen molar-refractivity contribution in [2.24, 2.45) is 0 Å². The van der Waals surface area contributed by atoms with Crippen molar-refractivity contribution in [3.8, 4) is 0 Å². The fourth-order valence-electron chi connectivity index (χ4n) is 3.98. The Morgan fingerprint density at radius 2 is 1.73 bits per heavy atom. The van der Waals surface area contributed by atoms with Crippen molar-refractivity contribution in [1.29, 1.82) is 0 Å². The first-order valence-corrected chi connectivity index (χ1v) is 11.9. The van der Waals surface area contributed by atoms with Crippen LogP contribution < -0.4 is 15.1 Å². The lowest BCUT2D eigenvalue weighted by atomic mass is 10.1. The minimum atomic E-state index is -0.0409. The lowest BCUT2D eigenvalue weighted by molar-refractivity contribution is 0.208. The number of rotatable bonds is 4. The third-order valence-electron chi connectivity index (χ3n) is 5.68. The van der Waals surface area contributed by atoms with E-state index in [1.165, 1.54) is 19.3 Å². The lowest BCUT2D eigenvalue weighted by Gasteiger charge is -2.36. The third-order valence-corrected chi connectivity index (χ3v) is 6.41. The first-order chi connectivity index (χ1) is 14.6. The topological polar surface area (TPSA) is 64.6 Å². The maximum atomic E-state index is 12.7. The number of anilines is 3. The van der Waals surface area contributed by atoms with Gasteiger partial charge in [-0.2, -0.15) is 4.98 Å². The quantitative estimate of drug-likeness (QED) is 0.749. The zero-order valence-electron chi connectivity index (χ0n) is 17.8. The predicted molar refractivity (Wildman–Crippen MR) is 124 cm³/mol. The van der Waals surface area contributed by atoms with Crippen molar-refractivity contribution in [3.63, 3.8) is 0 Å². The van der Waals surface area contributed by atoms with Crippen LogP contribution in [-0.4, -0.2) is 66.4 Å². The van der Waals surface area contributed by atoms with E-state index in [1.807, 2.05) is 42.3 Å². The average Bonchev–Trinajstić information content (AvgIpc) is 2.79. The van der Waals surface area contributed by atoms with Gasteiger partial charge in [-0.1, -0.05) is 6.07 Å². The summed E-state index contributed by atoms with van der Waals surface area (Å²) >= 11 is 1.67. The third kappa shape index (κ3) is 4.98. The Hall–Kier alpha value is -2.48. The van der Waals surface area contributed by atoms with Gasteiger partial charge in [-0.15, -0.1) is 11.8 Å². The molecule has 1 aromatic heterocycles. The smallest absolute Gasteiger partial charge is 0.321 e. The summed E-state index contributed by atoms with van der Waals surface area (Å²) < 4.78 is 0. The van der Waals surface area contributed by atoms with Crippen LogP contribution in [0.2, 0.25) is 0 Å². The fourth-order valence-corrected chi connectivity index (χ4v) is 4.44. The van der Waals surface area contributed by atoms with Crippen LogP contribution in [0.3, 0.4) is 0 Å². The van der Waals surface area contributed by atoms with Gasteiger partial charge >= 0.3 is 6.03 Å². The number of piperidine rings is 1. The molecule has 2 fully saturated rings. The molecule has 3 heterocycles. The lowest BCUT2D eigenvalue weighted by Crippen LogP contribution is -2.50. The van der Waals surface area contributed by atoms with E-state index in [-0.39, 0.29) is 6.03 Å². The molecule has 30 heavy (non-hydrogen) atoms. The van der Waals surface area contributed by atoms with E-state index in [2.05, 4.69) is 26.2 Å². The number of amides is 2. The van der Waals surface area contributed by atoms with E-state index in [0.717, 1.165) is 54.2 Å². The second-order valence-electron chi connectivity index (χ2n) is 7.85. The number of benzene rings is 1. The molecule has 0 atom stereocenters. The molecule has 2 saturated heterocycles. The number of aromatic nitrogens is 2. The van der Waals surface area contributed by atoms with E-state index in [1.54, 1.807) is 11.8 Å². The van der Waals surface area contributed by atoms with Crippen molar-refractivity contribution >= 4 is 35.2 Å². The molecule has 1 N–H and O–H groups in total. The molecule has 2 aliphatic heterocycles. The second kappa shape index (κ2) is 9.55. The molecule has 2 amide bonds. The van der Waals surface area contributed by atoms with Crippen LogP contribution in [0.4, 0.5) is 22.2 Å². The van der Waals surface area contributed by atoms with Gasteiger partial charge in [0.05, 0.1) is 0 Å². The van der Waals surface area contributed by atoms with Gasteiger partial charge in [-0.25, -0.2) is 9.78 Å². The number of piperazine rings is 1. The number of nitrogens with zero attached hydrogens (tertiary/aromatic N) is 5. The number of carbonyl (C=O) groups is 1. The Morgan fingerprint density at radius 3 is 2.47 bits per heavy atom. The SMILES string of the molecule is CSc1cccc(NC(=O)N2CCN(c3cc(C)nc(N4CCCCC4)n3)CC2)c1. The summed E-state index contributed by atoms with van der Waals surface area (Å²) in [6.45, 7) is 7.00. The van der Waals surface area contributed by atoms with E-state index < -0.39 is 0 Å².